The van der Waals surface area contributed by atoms with Gasteiger partial charge in [-0.15, -0.1) is 0 Å². The van der Waals surface area contributed by atoms with Crippen LogP contribution in [0.15, 0.2) is 48.7 Å². The quantitative estimate of drug-likeness (QED) is 0.824. The van der Waals surface area contributed by atoms with Crippen molar-refractivity contribution in [3.05, 3.63) is 54.3 Å². The van der Waals surface area contributed by atoms with Gasteiger partial charge >= 0.3 is 0 Å². The van der Waals surface area contributed by atoms with E-state index in [9.17, 15) is 4.79 Å². The first kappa shape index (κ1) is 11.8. The lowest BCUT2D eigenvalue weighted by molar-refractivity contribution is -0.118. The monoisotopic (exact) mass is 254 g/mol. The van der Waals surface area contributed by atoms with Gasteiger partial charge in [-0.1, -0.05) is 18.2 Å². The van der Waals surface area contributed by atoms with Crippen LogP contribution in [0.25, 0.3) is 10.8 Å². The largest absolute Gasteiger partial charge is 0.497 e. The van der Waals surface area contributed by atoms with E-state index in [1.807, 2.05) is 30.3 Å². The van der Waals surface area contributed by atoms with Gasteiger partial charge in [0.15, 0.2) is 5.78 Å². The van der Waals surface area contributed by atoms with E-state index in [0.717, 1.165) is 22.1 Å². The van der Waals surface area contributed by atoms with Gasteiger partial charge in [0.25, 0.3) is 0 Å². The summed E-state index contributed by atoms with van der Waals surface area (Å²) >= 11 is 0. The van der Waals surface area contributed by atoms with Crippen LogP contribution in [0.3, 0.4) is 0 Å². The van der Waals surface area contributed by atoms with Crippen LogP contribution >= 0.6 is 0 Å². The third-order valence-corrected chi connectivity index (χ3v) is 3.33. The summed E-state index contributed by atoms with van der Waals surface area (Å²) in [5, 5.41) is 2.23. The van der Waals surface area contributed by atoms with Crippen molar-refractivity contribution < 1.29 is 14.3 Å². The van der Waals surface area contributed by atoms with Gasteiger partial charge in [0.1, 0.15) is 11.9 Å². The summed E-state index contributed by atoms with van der Waals surface area (Å²) in [5.74, 6) is 0.943. The predicted molar refractivity (Wildman–Crippen MR) is 73.1 cm³/mol. The van der Waals surface area contributed by atoms with Crippen molar-refractivity contribution in [1.82, 2.24) is 0 Å². The summed E-state index contributed by atoms with van der Waals surface area (Å²) in [6.45, 7) is 0. The van der Waals surface area contributed by atoms with E-state index in [1.165, 1.54) is 12.3 Å². The lowest BCUT2D eigenvalue weighted by Crippen LogP contribution is -2.11. The summed E-state index contributed by atoms with van der Waals surface area (Å²) in [7, 11) is 1.66. The molecule has 1 heterocycles. The van der Waals surface area contributed by atoms with E-state index in [0.29, 0.717) is 6.42 Å². The first-order chi connectivity index (χ1) is 9.26. The Hall–Kier alpha value is -2.29. The van der Waals surface area contributed by atoms with Crippen molar-refractivity contribution in [2.75, 3.05) is 7.11 Å². The van der Waals surface area contributed by atoms with Gasteiger partial charge < -0.3 is 9.47 Å². The van der Waals surface area contributed by atoms with E-state index in [2.05, 4.69) is 6.07 Å². The molecular weight excluding hydrogens is 240 g/mol. The lowest BCUT2D eigenvalue weighted by atomic mass is 9.99. The number of methoxy groups -OCH3 is 1. The van der Waals surface area contributed by atoms with Crippen molar-refractivity contribution in [3.8, 4) is 5.75 Å². The second kappa shape index (κ2) is 4.76. The zero-order valence-electron chi connectivity index (χ0n) is 10.6. The minimum absolute atomic E-state index is 0.103. The molecule has 19 heavy (non-hydrogen) atoms. The molecule has 0 fully saturated rings. The molecule has 0 radical (unpaired) electrons. The minimum atomic E-state index is -0.177. The Labute approximate surface area is 111 Å². The average molecular weight is 254 g/mol. The van der Waals surface area contributed by atoms with E-state index in [4.69, 9.17) is 9.47 Å². The Balaban J connectivity index is 1.97. The van der Waals surface area contributed by atoms with Gasteiger partial charge in [-0.3, -0.25) is 4.79 Å². The SMILES string of the molecule is COc1ccc2cc(C3CC(=O)C=CO3)ccc2c1. The van der Waals surface area contributed by atoms with Gasteiger partial charge in [-0.25, -0.2) is 0 Å². The summed E-state index contributed by atoms with van der Waals surface area (Å²) in [6.07, 6.45) is 3.18. The van der Waals surface area contributed by atoms with Crippen LogP contribution in [-0.4, -0.2) is 12.9 Å². The Morgan fingerprint density at radius 2 is 1.95 bits per heavy atom. The van der Waals surface area contributed by atoms with Crippen molar-refractivity contribution in [1.29, 1.82) is 0 Å². The first-order valence-corrected chi connectivity index (χ1v) is 6.19. The third-order valence-electron chi connectivity index (χ3n) is 3.33. The molecule has 2 aromatic rings. The number of ketones is 1. The Bertz CT molecular complexity index is 658. The fraction of sp³-hybridized carbons (Fsp3) is 0.188. The second-order valence-electron chi connectivity index (χ2n) is 4.57. The molecule has 1 atom stereocenters. The van der Waals surface area contributed by atoms with Crippen LogP contribution in [0.5, 0.6) is 5.75 Å². The van der Waals surface area contributed by atoms with Crippen LogP contribution in [0.4, 0.5) is 0 Å². The van der Waals surface area contributed by atoms with Crippen LogP contribution in [0.1, 0.15) is 18.1 Å². The highest BCUT2D eigenvalue weighted by Gasteiger charge is 2.18. The van der Waals surface area contributed by atoms with Gasteiger partial charge in [-0.2, -0.15) is 0 Å². The zero-order chi connectivity index (χ0) is 13.2. The maximum Gasteiger partial charge on any atom is 0.162 e. The first-order valence-electron chi connectivity index (χ1n) is 6.19. The van der Waals surface area contributed by atoms with Gasteiger partial charge in [-0.05, 0) is 34.5 Å². The topological polar surface area (TPSA) is 35.5 Å². The van der Waals surface area contributed by atoms with Crippen molar-refractivity contribution in [2.45, 2.75) is 12.5 Å². The molecule has 1 aliphatic heterocycles. The van der Waals surface area contributed by atoms with Crippen LogP contribution in [0.2, 0.25) is 0 Å². The Morgan fingerprint density at radius 3 is 2.74 bits per heavy atom. The standard InChI is InChI=1S/C16H14O3/c1-18-15-5-4-11-8-13(3-2-12(11)9-15)16-10-14(17)6-7-19-16/h2-9,16H,10H2,1H3. The fourth-order valence-electron chi connectivity index (χ4n) is 2.27. The Morgan fingerprint density at radius 1 is 1.16 bits per heavy atom. The molecule has 2 aromatic carbocycles. The van der Waals surface area contributed by atoms with E-state index in [-0.39, 0.29) is 11.9 Å². The van der Waals surface area contributed by atoms with Gasteiger partial charge in [0.2, 0.25) is 0 Å². The van der Waals surface area contributed by atoms with Crippen LogP contribution < -0.4 is 4.74 Å². The molecule has 1 unspecified atom stereocenters. The molecule has 3 rings (SSSR count). The van der Waals surface area contributed by atoms with Crippen LogP contribution in [0, 0.1) is 0 Å². The van der Waals surface area contributed by atoms with Crippen LogP contribution in [-0.2, 0) is 9.53 Å². The number of benzene rings is 2. The molecule has 0 bridgehead atoms. The average Bonchev–Trinajstić information content (AvgIpc) is 2.46. The van der Waals surface area contributed by atoms with Gasteiger partial charge in [0.05, 0.1) is 19.8 Å². The zero-order valence-corrected chi connectivity index (χ0v) is 10.6. The number of hydrogen-bond donors (Lipinski definition) is 0. The maximum atomic E-state index is 11.4. The molecule has 0 spiro atoms. The van der Waals surface area contributed by atoms with E-state index >= 15 is 0 Å². The van der Waals surface area contributed by atoms with Crippen molar-refractivity contribution >= 4 is 16.6 Å². The highest BCUT2D eigenvalue weighted by Crippen LogP contribution is 2.29. The van der Waals surface area contributed by atoms with Crippen molar-refractivity contribution in [3.63, 3.8) is 0 Å². The molecule has 3 nitrogen and oxygen atoms in total. The lowest BCUT2D eigenvalue weighted by Gasteiger charge is -2.19. The Kier molecular flexibility index (Phi) is 2.95. The second-order valence-corrected chi connectivity index (χ2v) is 4.57. The maximum absolute atomic E-state index is 11.4. The number of allylic oxidation sites excluding steroid dienone is 1. The number of ether oxygens (including phenoxy) is 2. The summed E-state index contributed by atoms with van der Waals surface area (Å²) in [6, 6.07) is 12.0. The normalized spacial score (nSPS) is 18.4. The third kappa shape index (κ3) is 2.32. The summed E-state index contributed by atoms with van der Waals surface area (Å²) < 4.78 is 10.7. The van der Waals surface area contributed by atoms with E-state index < -0.39 is 0 Å². The van der Waals surface area contributed by atoms with Gasteiger partial charge in [0, 0.05) is 6.08 Å². The number of carbonyl (C=O) groups is 1. The molecule has 0 saturated heterocycles. The number of fused-ring (bicyclic) bond motifs is 1. The minimum Gasteiger partial charge on any atom is -0.497 e. The molecule has 0 N–H and O–H groups in total. The predicted octanol–water partition coefficient (Wildman–Crippen LogP) is 3.39. The molecule has 3 heteroatoms. The number of hydrogen-bond acceptors (Lipinski definition) is 3. The molecule has 0 aromatic heterocycles. The molecule has 0 amide bonds. The highest BCUT2D eigenvalue weighted by atomic mass is 16.5. The molecule has 0 aliphatic carbocycles. The molecule has 0 saturated carbocycles. The number of carbonyl (C=O) groups excluding carboxylic acids is 1. The summed E-state index contributed by atoms with van der Waals surface area (Å²) in [4.78, 5) is 11.4. The van der Waals surface area contributed by atoms with Crippen molar-refractivity contribution in [2.24, 2.45) is 0 Å². The summed E-state index contributed by atoms with van der Waals surface area (Å²) in [5.41, 5.74) is 1.02. The molecule has 1 aliphatic rings. The smallest absolute Gasteiger partial charge is 0.162 e. The molecule has 96 valence electrons. The van der Waals surface area contributed by atoms with E-state index in [1.54, 1.807) is 7.11 Å². The highest BCUT2D eigenvalue weighted by molar-refractivity contribution is 5.91. The number of rotatable bonds is 2. The fourth-order valence-corrected chi connectivity index (χ4v) is 2.27. The molecular formula is C16H14O3.